The van der Waals surface area contributed by atoms with E-state index in [1.807, 2.05) is 4.90 Å². The number of hydrogen-bond donors (Lipinski definition) is 1. The van der Waals surface area contributed by atoms with Crippen molar-refractivity contribution >= 4 is 0 Å². The number of likely N-dealkylation sites (tertiary alicyclic amines) is 1. The van der Waals surface area contributed by atoms with Crippen LogP contribution in [0.5, 0.6) is 0 Å². The Bertz CT molecular complexity index is 374. The monoisotopic (exact) mass is 231 g/mol. The van der Waals surface area contributed by atoms with Gasteiger partial charge < -0.3 is 5.11 Å². The number of rotatable bonds is 2. The van der Waals surface area contributed by atoms with E-state index in [4.69, 9.17) is 0 Å². The van der Waals surface area contributed by atoms with Gasteiger partial charge in [-0.2, -0.15) is 0 Å². The Balaban J connectivity index is 2.10. The third-order valence-corrected chi connectivity index (χ3v) is 2.70. The van der Waals surface area contributed by atoms with Gasteiger partial charge in [-0.05, 0) is 24.1 Å². The van der Waals surface area contributed by atoms with Crippen molar-refractivity contribution in [2.45, 2.75) is 19.1 Å². The highest BCUT2D eigenvalue weighted by molar-refractivity contribution is 5.19. The Labute approximate surface area is 91.3 Å². The molecule has 1 saturated heterocycles. The summed E-state index contributed by atoms with van der Waals surface area (Å²) in [7, 11) is 0. The molecule has 0 amide bonds. The van der Waals surface area contributed by atoms with Crippen LogP contribution >= 0.6 is 0 Å². The number of aliphatic hydroxyl groups is 1. The summed E-state index contributed by atoms with van der Waals surface area (Å²) in [5.41, 5.74) is 0.380. The maximum Gasteiger partial charge on any atom is 0.194 e. The van der Waals surface area contributed by atoms with Gasteiger partial charge in [0.2, 0.25) is 0 Å². The molecule has 0 aliphatic carbocycles. The zero-order chi connectivity index (χ0) is 11.7. The molecule has 1 fully saturated rings. The molecule has 1 heterocycles. The first-order chi connectivity index (χ1) is 7.56. The van der Waals surface area contributed by atoms with E-state index in [1.165, 1.54) is 0 Å². The molecule has 2 rings (SSSR count). The minimum Gasteiger partial charge on any atom is -0.392 e. The van der Waals surface area contributed by atoms with Gasteiger partial charge in [-0.25, -0.2) is 13.2 Å². The lowest BCUT2D eigenvalue weighted by Gasteiger charge is -2.14. The van der Waals surface area contributed by atoms with Crippen molar-refractivity contribution in [2.75, 3.05) is 13.1 Å². The van der Waals surface area contributed by atoms with Crippen molar-refractivity contribution in [2.24, 2.45) is 0 Å². The molecule has 2 nitrogen and oxygen atoms in total. The topological polar surface area (TPSA) is 23.5 Å². The third-order valence-electron chi connectivity index (χ3n) is 2.70. The predicted molar refractivity (Wildman–Crippen MR) is 52.2 cm³/mol. The fourth-order valence-corrected chi connectivity index (χ4v) is 1.91. The maximum atomic E-state index is 12.9. The molecule has 16 heavy (non-hydrogen) atoms. The third kappa shape index (κ3) is 2.36. The minimum atomic E-state index is -1.44. The van der Waals surface area contributed by atoms with Crippen molar-refractivity contribution in [3.05, 3.63) is 35.1 Å². The van der Waals surface area contributed by atoms with Crippen LogP contribution in [0.4, 0.5) is 13.2 Å². The average Bonchev–Trinajstić information content (AvgIpc) is 2.60. The molecular weight excluding hydrogens is 219 g/mol. The molecule has 1 N–H and O–H groups in total. The molecule has 1 aliphatic rings. The Kier molecular flexibility index (Phi) is 3.16. The number of hydrogen-bond acceptors (Lipinski definition) is 2. The molecule has 1 atom stereocenters. The number of nitrogens with zero attached hydrogens (tertiary/aromatic N) is 1. The summed E-state index contributed by atoms with van der Waals surface area (Å²) in [6, 6.07) is 1.98. The zero-order valence-electron chi connectivity index (χ0n) is 8.59. The molecule has 1 aromatic carbocycles. The Morgan fingerprint density at radius 3 is 2.38 bits per heavy atom. The normalized spacial score (nSPS) is 21.6. The predicted octanol–water partition coefficient (Wildman–Crippen LogP) is 1.67. The van der Waals surface area contributed by atoms with Crippen molar-refractivity contribution in [3.8, 4) is 0 Å². The Morgan fingerprint density at radius 2 is 1.88 bits per heavy atom. The summed E-state index contributed by atoms with van der Waals surface area (Å²) in [4.78, 5) is 1.87. The van der Waals surface area contributed by atoms with Crippen LogP contribution in [0.2, 0.25) is 0 Å². The maximum absolute atomic E-state index is 12.9. The van der Waals surface area contributed by atoms with Gasteiger partial charge in [0.15, 0.2) is 17.5 Å². The van der Waals surface area contributed by atoms with Crippen LogP contribution in [-0.2, 0) is 6.54 Å². The van der Waals surface area contributed by atoms with E-state index in [1.54, 1.807) is 0 Å². The van der Waals surface area contributed by atoms with Gasteiger partial charge in [0.25, 0.3) is 0 Å². The Morgan fingerprint density at radius 1 is 1.25 bits per heavy atom. The molecule has 88 valence electrons. The minimum absolute atomic E-state index is 0.325. The van der Waals surface area contributed by atoms with Crippen molar-refractivity contribution < 1.29 is 18.3 Å². The quantitative estimate of drug-likeness (QED) is 0.783. The van der Waals surface area contributed by atoms with Crippen LogP contribution in [0, 0.1) is 17.5 Å². The standard InChI is InChI=1S/C11H12F3NO/c12-9-3-7(4-10(13)11(9)14)5-15-2-1-8(16)6-15/h3-4,8,16H,1-2,5-6H2/t8-/m1/s1. The lowest BCUT2D eigenvalue weighted by atomic mass is 10.2. The van der Waals surface area contributed by atoms with Crippen molar-refractivity contribution in [1.82, 2.24) is 4.90 Å². The lowest BCUT2D eigenvalue weighted by Crippen LogP contribution is -2.21. The fraction of sp³-hybridized carbons (Fsp3) is 0.455. The number of halogens is 3. The summed E-state index contributed by atoms with van der Waals surface area (Å²) in [6.45, 7) is 1.49. The molecule has 0 unspecified atom stereocenters. The van der Waals surface area contributed by atoms with E-state index < -0.39 is 17.5 Å². The summed E-state index contributed by atoms with van der Waals surface area (Å²) in [5.74, 6) is -3.78. The van der Waals surface area contributed by atoms with Crippen LogP contribution in [0.15, 0.2) is 12.1 Å². The van der Waals surface area contributed by atoms with Gasteiger partial charge in [-0.3, -0.25) is 4.90 Å². The SMILES string of the molecule is O[C@@H]1CCN(Cc2cc(F)c(F)c(F)c2)C1. The van der Waals surface area contributed by atoms with E-state index in [2.05, 4.69) is 0 Å². The van der Waals surface area contributed by atoms with Gasteiger partial charge in [-0.1, -0.05) is 0 Å². The van der Waals surface area contributed by atoms with Gasteiger partial charge in [0, 0.05) is 19.6 Å². The molecule has 0 bridgehead atoms. The molecule has 0 saturated carbocycles. The largest absolute Gasteiger partial charge is 0.392 e. The first-order valence-corrected chi connectivity index (χ1v) is 5.10. The number of benzene rings is 1. The van der Waals surface area contributed by atoms with Gasteiger partial charge in [0.05, 0.1) is 6.10 Å². The number of aliphatic hydroxyl groups excluding tert-OH is 1. The second-order valence-corrected chi connectivity index (χ2v) is 4.05. The first-order valence-electron chi connectivity index (χ1n) is 5.10. The molecule has 0 radical (unpaired) electrons. The molecule has 0 spiro atoms. The zero-order valence-corrected chi connectivity index (χ0v) is 8.59. The van der Waals surface area contributed by atoms with Crippen molar-refractivity contribution in [3.63, 3.8) is 0 Å². The molecule has 1 aliphatic heterocycles. The van der Waals surface area contributed by atoms with E-state index in [0.29, 0.717) is 31.6 Å². The average molecular weight is 231 g/mol. The summed E-state index contributed by atoms with van der Waals surface area (Å²) in [5, 5.41) is 9.28. The highest BCUT2D eigenvalue weighted by atomic mass is 19.2. The van der Waals surface area contributed by atoms with Crippen LogP contribution in [0.25, 0.3) is 0 Å². The van der Waals surface area contributed by atoms with E-state index in [9.17, 15) is 18.3 Å². The lowest BCUT2D eigenvalue weighted by molar-refractivity contribution is 0.174. The van der Waals surface area contributed by atoms with E-state index in [0.717, 1.165) is 12.1 Å². The van der Waals surface area contributed by atoms with Crippen LogP contribution < -0.4 is 0 Å². The van der Waals surface area contributed by atoms with Crippen LogP contribution in [0.3, 0.4) is 0 Å². The summed E-state index contributed by atoms with van der Waals surface area (Å²) >= 11 is 0. The van der Waals surface area contributed by atoms with Crippen LogP contribution in [-0.4, -0.2) is 29.2 Å². The van der Waals surface area contributed by atoms with Crippen molar-refractivity contribution in [1.29, 1.82) is 0 Å². The second-order valence-electron chi connectivity index (χ2n) is 4.05. The van der Waals surface area contributed by atoms with E-state index >= 15 is 0 Å². The molecule has 1 aromatic rings. The summed E-state index contributed by atoms with van der Waals surface area (Å²) in [6.07, 6.45) is 0.279. The van der Waals surface area contributed by atoms with Gasteiger partial charge in [-0.15, -0.1) is 0 Å². The fourth-order valence-electron chi connectivity index (χ4n) is 1.91. The van der Waals surface area contributed by atoms with E-state index in [-0.39, 0.29) is 6.10 Å². The molecular formula is C11H12F3NO. The highest BCUT2D eigenvalue weighted by Gasteiger charge is 2.21. The van der Waals surface area contributed by atoms with Gasteiger partial charge >= 0.3 is 0 Å². The molecule has 5 heteroatoms. The molecule has 0 aromatic heterocycles. The smallest absolute Gasteiger partial charge is 0.194 e. The van der Waals surface area contributed by atoms with Gasteiger partial charge in [0.1, 0.15) is 0 Å². The first kappa shape index (κ1) is 11.4. The second kappa shape index (κ2) is 4.43. The number of β-amino-alcohol motifs (C(OH)–C–C–N with tert-alkyl or cyclic N) is 1. The summed E-state index contributed by atoms with van der Waals surface area (Å²) < 4.78 is 38.5. The highest BCUT2D eigenvalue weighted by Crippen LogP contribution is 2.17. The van der Waals surface area contributed by atoms with Crippen LogP contribution in [0.1, 0.15) is 12.0 Å². The Hall–Kier alpha value is -1.07.